The summed E-state index contributed by atoms with van der Waals surface area (Å²) in [5.41, 5.74) is 2.11. The standard InChI is InChI=1S/C20H31N5O4.HI/c1-4-21-19(22-8-9-25-18(26)14-24-20(25)27)23-13-16-7-6-15(2)12-17(16)29-11-5-10-28-3;/h6-7,12H,4-5,8-11,13-14H2,1-3H3,(H,24,27)(H2,21,22,23);1H. The van der Waals surface area contributed by atoms with E-state index in [4.69, 9.17) is 9.47 Å². The highest BCUT2D eigenvalue weighted by Gasteiger charge is 2.27. The first-order chi connectivity index (χ1) is 14.0. The number of urea groups is 1. The van der Waals surface area contributed by atoms with Crippen LogP contribution in [0.15, 0.2) is 23.2 Å². The van der Waals surface area contributed by atoms with Gasteiger partial charge in [-0.15, -0.1) is 24.0 Å². The molecule has 2 rings (SSSR count). The lowest BCUT2D eigenvalue weighted by molar-refractivity contribution is -0.124. The average molecular weight is 533 g/mol. The average Bonchev–Trinajstić information content (AvgIpc) is 3.02. The van der Waals surface area contributed by atoms with E-state index in [1.165, 1.54) is 4.90 Å². The number of carbonyl (C=O) groups is 2. The Morgan fingerprint density at radius 2 is 2.07 bits per heavy atom. The maximum Gasteiger partial charge on any atom is 0.324 e. The number of halogens is 1. The maximum absolute atomic E-state index is 11.6. The number of aliphatic imine (C=N–C) groups is 1. The molecule has 1 fully saturated rings. The summed E-state index contributed by atoms with van der Waals surface area (Å²) in [6.45, 7) is 7.15. The van der Waals surface area contributed by atoms with Gasteiger partial charge in [-0.25, -0.2) is 9.79 Å². The predicted octanol–water partition coefficient (Wildman–Crippen LogP) is 1.64. The molecule has 0 atom stereocenters. The Kier molecular flexibility index (Phi) is 12.1. The van der Waals surface area contributed by atoms with E-state index in [-0.39, 0.29) is 49.0 Å². The molecule has 9 nitrogen and oxygen atoms in total. The summed E-state index contributed by atoms with van der Waals surface area (Å²) in [7, 11) is 1.67. The van der Waals surface area contributed by atoms with Gasteiger partial charge >= 0.3 is 6.03 Å². The zero-order valence-corrected chi connectivity index (χ0v) is 20.2. The van der Waals surface area contributed by atoms with Gasteiger partial charge in [-0.05, 0) is 25.5 Å². The quantitative estimate of drug-likeness (QED) is 0.131. The second-order valence-corrected chi connectivity index (χ2v) is 6.63. The molecule has 168 valence electrons. The molecule has 0 aliphatic carbocycles. The molecule has 1 aliphatic rings. The van der Waals surface area contributed by atoms with Gasteiger partial charge in [-0.3, -0.25) is 9.69 Å². The molecule has 1 heterocycles. The minimum atomic E-state index is -0.353. The number of aryl methyl sites for hydroxylation is 1. The minimum absolute atomic E-state index is 0. The number of guanidine groups is 1. The van der Waals surface area contributed by atoms with E-state index in [0.717, 1.165) is 23.3 Å². The fourth-order valence-corrected chi connectivity index (χ4v) is 2.79. The zero-order valence-electron chi connectivity index (χ0n) is 17.8. The number of nitrogens with one attached hydrogen (secondary N) is 3. The van der Waals surface area contributed by atoms with Crippen molar-refractivity contribution in [2.45, 2.75) is 26.8 Å². The van der Waals surface area contributed by atoms with Gasteiger partial charge in [0, 0.05) is 45.3 Å². The van der Waals surface area contributed by atoms with E-state index < -0.39 is 0 Å². The van der Waals surface area contributed by atoms with Crippen molar-refractivity contribution >= 4 is 41.9 Å². The van der Waals surface area contributed by atoms with Gasteiger partial charge in [0.05, 0.1) is 19.7 Å². The van der Waals surface area contributed by atoms with Crippen LogP contribution in [0.5, 0.6) is 5.75 Å². The van der Waals surface area contributed by atoms with E-state index >= 15 is 0 Å². The second kappa shape index (κ2) is 14.0. The Bertz CT molecular complexity index is 713. The van der Waals surface area contributed by atoms with Crippen molar-refractivity contribution in [3.8, 4) is 5.75 Å². The molecule has 0 aromatic heterocycles. The van der Waals surface area contributed by atoms with Crippen molar-refractivity contribution in [2.24, 2.45) is 4.99 Å². The SMILES string of the molecule is CCNC(=NCc1ccc(C)cc1OCCCOC)NCCN1C(=O)CNC1=O.I. The van der Waals surface area contributed by atoms with Crippen LogP contribution in [0.4, 0.5) is 4.79 Å². The molecular formula is C20H32IN5O4. The lowest BCUT2D eigenvalue weighted by Gasteiger charge is -2.16. The van der Waals surface area contributed by atoms with Crippen LogP contribution >= 0.6 is 24.0 Å². The number of methoxy groups -OCH3 is 1. The van der Waals surface area contributed by atoms with Crippen LogP contribution < -0.4 is 20.7 Å². The van der Waals surface area contributed by atoms with Gasteiger partial charge in [-0.1, -0.05) is 12.1 Å². The number of benzene rings is 1. The van der Waals surface area contributed by atoms with Gasteiger partial charge < -0.3 is 25.4 Å². The number of hydrogen-bond acceptors (Lipinski definition) is 5. The molecule has 0 bridgehead atoms. The fourth-order valence-electron chi connectivity index (χ4n) is 2.79. The van der Waals surface area contributed by atoms with Crippen molar-refractivity contribution in [3.63, 3.8) is 0 Å². The molecule has 30 heavy (non-hydrogen) atoms. The molecule has 1 aliphatic heterocycles. The molecule has 0 saturated carbocycles. The number of hydrogen-bond donors (Lipinski definition) is 3. The largest absolute Gasteiger partial charge is 0.493 e. The molecule has 0 radical (unpaired) electrons. The summed E-state index contributed by atoms with van der Waals surface area (Å²) in [5.74, 6) is 1.22. The van der Waals surface area contributed by atoms with Gasteiger partial charge in [0.25, 0.3) is 0 Å². The normalized spacial score (nSPS) is 13.7. The first kappa shape index (κ1) is 26.0. The Morgan fingerprint density at radius 1 is 1.27 bits per heavy atom. The predicted molar refractivity (Wildman–Crippen MR) is 127 cm³/mol. The number of nitrogens with zero attached hydrogens (tertiary/aromatic N) is 2. The van der Waals surface area contributed by atoms with Gasteiger partial charge in [0.15, 0.2) is 5.96 Å². The fraction of sp³-hybridized carbons (Fsp3) is 0.550. The minimum Gasteiger partial charge on any atom is -0.493 e. The first-order valence-corrected chi connectivity index (χ1v) is 9.86. The lowest BCUT2D eigenvalue weighted by Crippen LogP contribution is -2.43. The van der Waals surface area contributed by atoms with Gasteiger partial charge in [-0.2, -0.15) is 0 Å². The van der Waals surface area contributed by atoms with Crippen LogP contribution in [0.3, 0.4) is 0 Å². The monoisotopic (exact) mass is 533 g/mol. The third kappa shape index (κ3) is 8.34. The summed E-state index contributed by atoms with van der Waals surface area (Å²) in [5, 5.41) is 8.83. The third-order valence-corrected chi connectivity index (χ3v) is 4.29. The number of rotatable bonds is 11. The molecule has 0 unspecified atom stereocenters. The lowest BCUT2D eigenvalue weighted by atomic mass is 10.1. The Hall–Kier alpha value is -2.08. The second-order valence-electron chi connectivity index (χ2n) is 6.63. The summed E-state index contributed by atoms with van der Waals surface area (Å²) in [6, 6.07) is 5.70. The summed E-state index contributed by atoms with van der Waals surface area (Å²) in [4.78, 5) is 29.0. The molecule has 1 aromatic rings. The molecule has 3 N–H and O–H groups in total. The van der Waals surface area contributed by atoms with Crippen LogP contribution in [0, 0.1) is 6.92 Å². The van der Waals surface area contributed by atoms with Crippen molar-refractivity contribution in [1.82, 2.24) is 20.9 Å². The maximum atomic E-state index is 11.6. The smallest absolute Gasteiger partial charge is 0.324 e. The highest BCUT2D eigenvalue weighted by Crippen LogP contribution is 2.21. The van der Waals surface area contributed by atoms with E-state index in [2.05, 4.69) is 20.9 Å². The van der Waals surface area contributed by atoms with Crippen LogP contribution in [0.25, 0.3) is 0 Å². The number of carbonyl (C=O) groups excluding carboxylic acids is 2. The molecule has 0 spiro atoms. The Labute approximate surface area is 195 Å². The number of amides is 3. The van der Waals surface area contributed by atoms with Crippen LogP contribution in [-0.4, -0.2) is 69.3 Å². The van der Waals surface area contributed by atoms with E-state index in [1.54, 1.807) is 7.11 Å². The van der Waals surface area contributed by atoms with Crippen LogP contribution in [-0.2, 0) is 16.1 Å². The van der Waals surface area contributed by atoms with E-state index in [0.29, 0.717) is 38.8 Å². The van der Waals surface area contributed by atoms with E-state index in [9.17, 15) is 9.59 Å². The van der Waals surface area contributed by atoms with Crippen LogP contribution in [0.2, 0.25) is 0 Å². The van der Waals surface area contributed by atoms with Crippen molar-refractivity contribution in [3.05, 3.63) is 29.3 Å². The molecular weight excluding hydrogens is 501 g/mol. The third-order valence-electron chi connectivity index (χ3n) is 4.29. The van der Waals surface area contributed by atoms with Crippen molar-refractivity contribution < 1.29 is 19.1 Å². The molecule has 3 amide bonds. The molecule has 1 saturated heterocycles. The highest BCUT2D eigenvalue weighted by molar-refractivity contribution is 14.0. The van der Waals surface area contributed by atoms with Crippen LogP contribution in [0.1, 0.15) is 24.5 Å². The Balaban J connectivity index is 0.00000450. The summed E-state index contributed by atoms with van der Waals surface area (Å²) >= 11 is 0. The topological polar surface area (TPSA) is 104 Å². The first-order valence-electron chi connectivity index (χ1n) is 9.86. The van der Waals surface area contributed by atoms with Crippen molar-refractivity contribution in [2.75, 3.05) is 46.5 Å². The van der Waals surface area contributed by atoms with Gasteiger partial charge in [0.1, 0.15) is 5.75 Å². The molecule has 10 heteroatoms. The molecule has 1 aromatic carbocycles. The summed E-state index contributed by atoms with van der Waals surface area (Å²) < 4.78 is 11.0. The summed E-state index contributed by atoms with van der Waals surface area (Å²) in [6.07, 6.45) is 0.820. The van der Waals surface area contributed by atoms with E-state index in [1.807, 2.05) is 32.0 Å². The highest BCUT2D eigenvalue weighted by atomic mass is 127. The number of imide groups is 1. The number of ether oxygens (including phenoxy) is 2. The Morgan fingerprint density at radius 3 is 2.73 bits per heavy atom. The van der Waals surface area contributed by atoms with Gasteiger partial charge in [0.2, 0.25) is 5.91 Å². The van der Waals surface area contributed by atoms with Crippen molar-refractivity contribution in [1.29, 1.82) is 0 Å². The zero-order chi connectivity index (χ0) is 21.1.